The van der Waals surface area contributed by atoms with E-state index >= 15 is 0 Å². The van der Waals surface area contributed by atoms with Gasteiger partial charge in [-0.3, -0.25) is 4.79 Å². The number of nitrogens with zero attached hydrogens (tertiary/aromatic N) is 2. The third kappa shape index (κ3) is 6.35. The zero-order valence-electron chi connectivity index (χ0n) is 14.7. The molecule has 0 bridgehead atoms. The number of amides is 2. The van der Waals surface area contributed by atoms with Gasteiger partial charge in [-0.25, -0.2) is 4.79 Å². The first-order valence-electron chi connectivity index (χ1n) is 8.45. The first-order chi connectivity index (χ1) is 12.6. The van der Waals surface area contributed by atoms with E-state index in [1.807, 2.05) is 36.4 Å². The van der Waals surface area contributed by atoms with Crippen LogP contribution in [0.25, 0.3) is 0 Å². The highest BCUT2D eigenvalue weighted by molar-refractivity contribution is 5.83. The summed E-state index contributed by atoms with van der Waals surface area (Å²) in [6, 6.07) is 10.7. The molecule has 1 aliphatic rings. The molecule has 8 heteroatoms. The Hall–Kier alpha value is -2.63. The van der Waals surface area contributed by atoms with Crippen molar-refractivity contribution in [2.45, 2.75) is 25.7 Å². The third-order valence-corrected chi connectivity index (χ3v) is 3.78. The van der Waals surface area contributed by atoms with Crippen LogP contribution in [0.15, 0.2) is 30.3 Å². The van der Waals surface area contributed by atoms with Gasteiger partial charge in [0.25, 0.3) is 5.91 Å². The van der Waals surface area contributed by atoms with Crippen LogP contribution in [-0.2, 0) is 25.6 Å². The van der Waals surface area contributed by atoms with E-state index in [0.717, 1.165) is 5.56 Å². The summed E-state index contributed by atoms with van der Waals surface area (Å²) >= 11 is 0. The summed E-state index contributed by atoms with van der Waals surface area (Å²) in [5.74, 6) is -0.540. The molecule has 0 saturated carbocycles. The number of carbonyl (C=O) groups is 2. The van der Waals surface area contributed by atoms with Crippen LogP contribution in [0, 0.1) is 11.3 Å². The molecule has 0 spiro atoms. The fourth-order valence-corrected chi connectivity index (χ4v) is 2.29. The molecule has 8 nitrogen and oxygen atoms in total. The lowest BCUT2D eigenvalue weighted by atomic mass is 10.2. The number of hydrogen-bond acceptors (Lipinski definition) is 6. The zero-order valence-corrected chi connectivity index (χ0v) is 14.7. The molecule has 26 heavy (non-hydrogen) atoms. The molecule has 0 aromatic heterocycles. The number of benzene rings is 1. The first kappa shape index (κ1) is 19.7. The minimum absolute atomic E-state index is 0.0429. The lowest BCUT2D eigenvalue weighted by Crippen LogP contribution is -2.47. The van der Waals surface area contributed by atoms with E-state index in [0.29, 0.717) is 32.9 Å². The highest BCUT2D eigenvalue weighted by Gasteiger charge is 2.25. The second kappa shape index (κ2) is 10.4. The van der Waals surface area contributed by atoms with Gasteiger partial charge in [-0.2, -0.15) is 5.26 Å². The first-order valence-corrected chi connectivity index (χ1v) is 8.45. The Balaban J connectivity index is 1.72. The number of morpholine rings is 1. The smallest absolute Gasteiger partial charge is 0.410 e. The van der Waals surface area contributed by atoms with Crippen LogP contribution < -0.4 is 5.32 Å². The molecule has 1 aromatic carbocycles. The zero-order chi connectivity index (χ0) is 18.8. The largest absolute Gasteiger partial charge is 0.436 e. The predicted octanol–water partition coefficient (Wildman–Crippen LogP) is 1.07. The van der Waals surface area contributed by atoms with Gasteiger partial charge in [0.1, 0.15) is 6.04 Å². The molecule has 1 aromatic rings. The predicted molar refractivity (Wildman–Crippen MR) is 92.0 cm³/mol. The van der Waals surface area contributed by atoms with Gasteiger partial charge in [0.15, 0.2) is 6.10 Å². The average molecular weight is 361 g/mol. The van der Waals surface area contributed by atoms with Gasteiger partial charge in [0.05, 0.1) is 32.5 Å². The molecule has 140 valence electrons. The summed E-state index contributed by atoms with van der Waals surface area (Å²) in [5, 5.41) is 11.7. The van der Waals surface area contributed by atoms with Crippen molar-refractivity contribution in [2.24, 2.45) is 0 Å². The minimum Gasteiger partial charge on any atom is -0.436 e. The third-order valence-electron chi connectivity index (χ3n) is 3.78. The Morgan fingerprint density at radius 2 is 2.00 bits per heavy atom. The van der Waals surface area contributed by atoms with Crippen LogP contribution in [0.3, 0.4) is 0 Å². The molecule has 0 unspecified atom stereocenters. The van der Waals surface area contributed by atoms with E-state index in [4.69, 9.17) is 19.5 Å². The van der Waals surface area contributed by atoms with E-state index in [2.05, 4.69) is 5.32 Å². The number of hydrogen-bond donors (Lipinski definition) is 1. The maximum atomic E-state index is 12.1. The van der Waals surface area contributed by atoms with Crippen molar-refractivity contribution >= 4 is 12.0 Å². The Labute approximate surface area is 152 Å². The number of nitriles is 1. The van der Waals surface area contributed by atoms with Gasteiger partial charge in [0.2, 0.25) is 0 Å². The van der Waals surface area contributed by atoms with E-state index in [9.17, 15) is 9.59 Å². The summed E-state index contributed by atoms with van der Waals surface area (Å²) in [6.45, 7) is 3.61. The van der Waals surface area contributed by atoms with Crippen molar-refractivity contribution in [3.8, 4) is 6.07 Å². The van der Waals surface area contributed by atoms with Gasteiger partial charge in [-0.05, 0) is 12.5 Å². The lowest BCUT2D eigenvalue weighted by Gasteiger charge is -2.27. The second-order valence-electron chi connectivity index (χ2n) is 5.82. The molecule has 0 radical (unpaired) electrons. The maximum Gasteiger partial charge on any atom is 0.410 e. The lowest BCUT2D eigenvalue weighted by molar-refractivity contribution is -0.130. The highest BCUT2D eigenvalue weighted by atomic mass is 16.6. The maximum absolute atomic E-state index is 12.1. The molecule has 0 aliphatic carbocycles. The standard InChI is InChI=1S/C18H23N3O5/c1-14(26-18(23)21-7-9-24-10-8-21)17(22)20-16(11-19)13-25-12-15-5-3-2-4-6-15/h2-6,14,16H,7-10,12-13H2,1H3,(H,20,22)/t14-,16+/m0/s1. The van der Waals surface area contributed by atoms with E-state index in [-0.39, 0.29) is 6.61 Å². The number of ether oxygens (including phenoxy) is 3. The summed E-state index contributed by atoms with van der Waals surface area (Å²) < 4.78 is 15.8. The fourth-order valence-electron chi connectivity index (χ4n) is 2.29. The van der Waals surface area contributed by atoms with Crippen LogP contribution in [0.1, 0.15) is 12.5 Å². The topological polar surface area (TPSA) is 101 Å². The number of rotatable bonds is 7. The van der Waals surface area contributed by atoms with Crippen molar-refractivity contribution in [1.29, 1.82) is 5.26 Å². The van der Waals surface area contributed by atoms with Crippen LogP contribution in [-0.4, -0.2) is 62.0 Å². The fraction of sp³-hybridized carbons (Fsp3) is 0.500. The van der Waals surface area contributed by atoms with Crippen LogP contribution in [0.5, 0.6) is 0 Å². The van der Waals surface area contributed by atoms with Crippen molar-refractivity contribution < 1.29 is 23.8 Å². The summed E-state index contributed by atoms with van der Waals surface area (Å²) in [6.07, 6.45) is -1.57. The molecule has 2 amide bonds. The molecule has 1 N–H and O–H groups in total. The Kier molecular flexibility index (Phi) is 7.86. The second-order valence-corrected chi connectivity index (χ2v) is 5.82. The molecule has 2 atom stereocenters. The van der Waals surface area contributed by atoms with Gasteiger partial charge >= 0.3 is 6.09 Å². The van der Waals surface area contributed by atoms with Crippen LogP contribution in [0.2, 0.25) is 0 Å². The van der Waals surface area contributed by atoms with Crippen molar-refractivity contribution in [1.82, 2.24) is 10.2 Å². The Morgan fingerprint density at radius 3 is 2.65 bits per heavy atom. The molecular formula is C18H23N3O5. The molecule has 1 fully saturated rings. The van der Waals surface area contributed by atoms with Crippen molar-refractivity contribution in [3.05, 3.63) is 35.9 Å². The molecule has 1 saturated heterocycles. The minimum atomic E-state index is -1.00. The Bertz CT molecular complexity index is 625. The van der Waals surface area contributed by atoms with E-state index < -0.39 is 24.1 Å². The van der Waals surface area contributed by atoms with Gasteiger partial charge < -0.3 is 24.4 Å². The number of nitrogens with one attached hydrogen (secondary N) is 1. The Morgan fingerprint density at radius 1 is 1.31 bits per heavy atom. The highest BCUT2D eigenvalue weighted by Crippen LogP contribution is 2.04. The average Bonchev–Trinajstić information content (AvgIpc) is 2.68. The molecule has 1 aliphatic heterocycles. The van der Waals surface area contributed by atoms with Gasteiger partial charge in [-0.1, -0.05) is 30.3 Å². The monoisotopic (exact) mass is 361 g/mol. The van der Waals surface area contributed by atoms with E-state index in [1.165, 1.54) is 11.8 Å². The van der Waals surface area contributed by atoms with Crippen LogP contribution in [0.4, 0.5) is 4.79 Å². The molecule has 1 heterocycles. The summed E-state index contributed by atoms with van der Waals surface area (Å²) in [4.78, 5) is 25.6. The van der Waals surface area contributed by atoms with Gasteiger partial charge in [-0.15, -0.1) is 0 Å². The molecular weight excluding hydrogens is 338 g/mol. The SMILES string of the molecule is C[C@H](OC(=O)N1CCOCC1)C(=O)N[C@H](C#N)COCc1ccccc1. The molecule has 2 rings (SSSR count). The van der Waals surface area contributed by atoms with Gasteiger partial charge in [0, 0.05) is 13.1 Å². The van der Waals surface area contributed by atoms with Crippen LogP contribution >= 0.6 is 0 Å². The normalized spacial score (nSPS) is 16.2. The summed E-state index contributed by atoms with van der Waals surface area (Å²) in [5.41, 5.74) is 0.975. The van der Waals surface area contributed by atoms with Crippen molar-refractivity contribution in [3.63, 3.8) is 0 Å². The van der Waals surface area contributed by atoms with E-state index in [1.54, 1.807) is 0 Å². The summed E-state index contributed by atoms with van der Waals surface area (Å²) in [7, 11) is 0. The quantitative estimate of drug-likeness (QED) is 0.780. The van der Waals surface area contributed by atoms with Crippen molar-refractivity contribution in [2.75, 3.05) is 32.9 Å². The number of carbonyl (C=O) groups excluding carboxylic acids is 2.